The Morgan fingerprint density at radius 3 is 2.51 bits per heavy atom. The van der Waals surface area contributed by atoms with Gasteiger partial charge < -0.3 is 14.6 Å². The summed E-state index contributed by atoms with van der Waals surface area (Å²) in [5.74, 6) is 1.01. The predicted octanol–water partition coefficient (Wildman–Crippen LogP) is 5.62. The number of aromatic nitrogens is 2. The summed E-state index contributed by atoms with van der Waals surface area (Å²) in [6.07, 6.45) is 6.63. The van der Waals surface area contributed by atoms with Crippen LogP contribution in [0.2, 0.25) is 0 Å². The van der Waals surface area contributed by atoms with Gasteiger partial charge in [0.2, 0.25) is 11.8 Å². The van der Waals surface area contributed by atoms with Gasteiger partial charge in [-0.2, -0.15) is 5.10 Å². The van der Waals surface area contributed by atoms with Crippen molar-refractivity contribution in [3.63, 3.8) is 0 Å². The molecule has 186 valence electrons. The molecule has 35 heavy (non-hydrogen) atoms. The zero-order chi connectivity index (χ0) is 25.0. The number of nitrogens with zero attached hydrogens (tertiary/aromatic N) is 3. The first-order valence-corrected chi connectivity index (χ1v) is 12.5. The van der Waals surface area contributed by atoms with E-state index in [4.69, 9.17) is 9.52 Å². The summed E-state index contributed by atoms with van der Waals surface area (Å²) in [5.41, 5.74) is 2.65. The molecule has 0 unspecified atom stereocenters. The third-order valence-corrected chi connectivity index (χ3v) is 6.62. The lowest BCUT2D eigenvalue weighted by molar-refractivity contribution is -0.140. The number of hydrogen-bond donors (Lipinski definition) is 1. The predicted molar refractivity (Wildman–Crippen MR) is 136 cm³/mol. The average Bonchev–Trinajstić information content (AvgIpc) is 3.49. The molecule has 3 aromatic rings. The van der Waals surface area contributed by atoms with Gasteiger partial charge in [-0.05, 0) is 43.5 Å². The van der Waals surface area contributed by atoms with Gasteiger partial charge in [0.15, 0.2) is 0 Å². The van der Waals surface area contributed by atoms with Gasteiger partial charge in [0.05, 0.1) is 24.2 Å². The van der Waals surface area contributed by atoms with Crippen molar-refractivity contribution in [2.45, 2.75) is 71.8 Å². The molecule has 0 saturated heterocycles. The lowest BCUT2D eigenvalue weighted by Gasteiger charge is -2.28. The highest BCUT2D eigenvalue weighted by Gasteiger charge is 2.29. The van der Waals surface area contributed by atoms with Crippen molar-refractivity contribution in [1.82, 2.24) is 14.7 Å². The molecule has 4 rings (SSSR count). The number of furan rings is 1. The number of hydrogen-bond acceptors (Lipinski definition) is 4. The molecule has 7 nitrogen and oxygen atoms in total. The second-order valence-electron chi connectivity index (χ2n) is 10.5. The van der Waals surface area contributed by atoms with Crippen molar-refractivity contribution in [1.29, 1.82) is 0 Å². The van der Waals surface area contributed by atoms with Gasteiger partial charge in [0.25, 0.3) is 0 Å². The molecule has 0 radical (unpaired) electrons. The third-order valence-electron chi connectivity index (χ3n) is 6.62. The fourth-order valence-corrected chi connectivity index (χ4v) is 4.59. The molecule has 0 aliphatic heterocycles. The van der Waals surface area contributed by atoms with Crippen molar-refractivity contribution in [2.75, 3.05) is 11.9 Å². The Morgan fingerprint density at radius 2 is 1.86 bits per heavy atom. The van der Waals surface area contributed by atoms with Gasteiger partial charge in [0, 0.05) is 17.4 Å². The van der Waals surface area contributed by atoms with E-state index in [2.05, 4.69) is 26.1 Å². The van der Waals surface area contributed by atoms with Gasteiger partial charge in [-0.15, -0.1) is 0 Å². The molecule has 1 aromatic carbocycles. The summed E-state index contributed by atoms with van der Waals surface area (Å²) in [4.78, 5) is 28.3. The van der Waals surface area contributed by atoms with Crippen molar-refractivity contribution in [2.24, 2.45) is 5.92 Å². The van der Waals surface area contributed by atoms with Crippen LogP contribution in [0.4, 0.5) is 5.82 Å². The van der Waals surface area contributed by atoms with Crippen molar-refractivity contribution < 1.29 is 14.0 Å². The molecule has 0 spiro atoms. The Morgan fingerprint density at radius 1 is 1.11 bits per heavy atom. The number of anilines is 1. The summed E-state index contributed by atoms with van der Waals surface area (Å²) in [7, 11) is 0. The monoisotopic (exact) mass is 476 g/mol. The average molecular weight is 477 g/mol. The first kappa shape index (κ1) is 24.8. The van der Waals surface area contributed by atoms with Crippen LogP contribution in [0.15, 0.2) is 53.1 Å². The minimum atomic E-state index is -0.254. The van der Waals surface area contributed by atoms with E-state index in [9.17, 15) is 9.59 Å². The highest BCUT2D eigenvalue weighted by atomic mass is 16.3. The van der Waals surface area contributed by atoms with Crippen molar-refractivity contribution in [3.8, 4) is 5.69 Å². The molecule has 1 saturated carbocycles. The number of nitrogens with one attached hydrogen (secondary N) is 1. The molecular weight excluding hydrogens is 440 g/mol. The number of benzene rings is 1. The first-order chi connectivity index (χ1) is 16.7. The van der Waals surface area contributed by atoms with Gasteiger partial charge >= 0.3 is 0 Å². The van der Waals surface area contributed by atoms with Gasteiger partial charge in [-0.1, -0.05) is 58.2 Å². The second kappa shape index (κ2) is 10.5. The molecule has 2 heterocycles. The van der Waals surface area contributed by atoms with E-state index < -0.39 is 0 Å². The number of aryl methyl sites for hydroxylation is 1. The van der Waals surface area contributed by atoms with Gasteiger partial charge in [-0.25, -0.2) is 4.68 Å². The van der Waals surface area contributed by atoms with Crippen LogP contribution in [-0.4, -0.2) is 33.0 Å². The van der Waals surface area contributed by atoms with E-state index in [0.717, 1.165) is 42.6 Å². The standard InChI is InChI=1S/C28H36N4O3/c1-20-11-8-9-15-23(20)32-25(17-24(30-32)28(2,3)4)29-26(33)19-31(18-22-14-10-16-35-22)27(34)21-12-6-5-7-13-21/h8-11,14-17,21H,5-7,12-13,18-19H2,1-4H3,(H,29,33). The number of carbonyl (C=O) groups is 2. The van der Waals surface area contributed by atoms with Crippen LogP contribution in [0.25, 0.3) is 5.69 Å². The van der Waals surface area contributed by atoms with Crippen LogP contribution in [0.5, 0.6) is 0 Å². The highest BCUT2D eigenvalue weighted by molar-refractivity contribution is 5.94. The lowest BCUT2D eigenvalue weighted by atomic mass is 9.88. The normalized spacial score (nSPS) is 14.6. The molecule has 1 fully saturated rings. The Kier molecular flexibility index (Phi) is 7.43. The lowest BCUT2D eigenvalue weighted by Crippen LogP contribution is -2.41. The highest BCUT2D eigenvalue weighted by Crippen LogP contribution is 2.28. The maximum absolute atomic E-state index is 13.4. The Hall–Kier alpha value is -3.35. The molecule has 1 aliphatic rings. The summed E-state index contributed by atoms with van der Waals surface area (Å²) >= 11 is 0. The maximum Gasteiger partial charge on any atom is 0.245 e. The summed E-state index contributed by atoms with van der Waals surface area (Å²) in [6, 6.07) is 13.5. The molecule has 2 amide bonds. The summed E-state index contributed by atoms with van der Waals surface area (Å²) in [6.45, 7) is 8.54. The number of carbonyl (C=O) groups excluding carboxylic acids is 2. The zero-order valence-electron chi connectivity index (χ0n) is 21.2. The van der Waals surface area contributed by atoms with Crippen LogP contribution >= 0.6 is 0 Å². The largest absolute Gasteiger partial charge is 0.467 e. The van der Waals surface area contributed by atoms with Gasteiger partial charge in [-0.3, -0.25) is 9.59 Å². The van der Waals surface area contributed by atoms with E-state index >= 15 is 0 Å². The third kappa shape index (κ3) is 6.02. The van der Waals surface area contributed by atoms with Crippen LogP contribution in [-0.2, 0) is 21.5 Å². The van der Waals surface area contributed by atoms with Crippen LogP contribution in [0.1, 0.15) is 69.9 Å². The van der Waals surface area contributed by atoms with Crippen LogP contribution in [0, 0.1) is 12.8 Å². The fraction of sp³-hybridized carbons (Fsp3) is 0.464. The second-order valence-corrected chi connectivity index (χ2v) is 10.5. The Balaban J connectivity index is 1.57. The summed E-state index contributed by atoms with van der Waals surface area (Å²) in [5, 5.41) is 7.85. The Labute approximate surface area is 207 Å². The van der Waals surface area contributed by atoms with Crippen LogP contribution < -0.4 is 5.32 Å². The van der Waals surface area contributed by atoms with Crippen molar-refractivity contribution in [3.05, 3.63) is 65.7 Å². The number of para-hydroxylation sites is 1. The topological polar surface area (TPSA) is 80.4 Å². The SMILES string of the molecule is Cc1ccccc1-n1nc(C(C)(C)C)cc1NC(=O)CN(Cc1ccco1)C(=O)C1CCCCC1. The van der Waals surface area contributed by atoms with Crippen LogP contribution in [0.3, 0.4) is 0 Å². The smallest absolute Gasteiger partial charge is 0.245 e. The Bertz CT molecular complexity index is 1150. The zero-order valence-corrected chi connectivity index (χ0v) is 21.2. The maximum atomic E-state index is 13.4. The van der Waals surface area contributed by atoms with E-state index in [-0.39, 0.29) is 36.2 Å². The number of rotatable bonds is 7. The molecule has 1 aliphatic carbocycles. The molecule has 1 N–H and O–H groups in total. The van der Waals surface area contributed by atoms with E-state index in [1.165, 1.54) is 6.42 Å². The minimum absolute atomic E-state index is 0.0269. The van der Waals surface area contributed by atoms with E-state index in [1.807, 2.05) is 43.3 Å². The molecule has 0 bridgehead atoms. The quantitative estimate of drug-likeness (QED) is 0.480. The number of amides is 2. The molecule has 0 atom stereocenters. The fourth-order valence-electron chi connectivity index (χ4n) is 4.59. The molecular formula is C28H36N4O3. The minimum Gasteiger partial charge on any atom is -0.467 e. The molecule has 2 aromatic heterocycles. The van der Waals surface area contributed by atoms with Gasteiger partial charge in [0.1, 0.15) is 18.1 Å². The van der Waals surface area contributed by atoms with E-state index in [1.54, 1.807) is 21.9 Å². The first-order valence-electron chi connectivity index (χ1n) is 12.5. The summed E-state index contributed by atoms with van der Waals surface area (Å²) < 4.78 is 7.28. The van der Waals surface area contributed by atoms with Crippen molar-refractivity contribution >= 4 is 17.6 Å². The molecule has 7 heteroatoms. The van der Waals surface area contributed by atoms with E-state index in [0.29, 0.717) is 11.6 Å².